The first-order chi connectivity index (χ1) is 21.8. The third-order valence-electron chi connectivity index (χ3n) is 8.95. The van der Waals surface area contributed by atoms with Crippen molar-refractivity contribution >= 4 is 21.6 Å². The predicted molar refractivity (Wildman–Crippen MR) is 177 cm³/mol. The highest BCUT2D eigenvalue weighted by atomic mass is 33.1. The normalized spacial score (nSPS) is 26.5. The van der Waals surface area contributed by atoms with Gasteiger partial charge >= 0.3 is 0 Å². The fourth-order valence-electron chi connectivity index (χ4n) is 6.39. The molecule has 0 spiro atoms. The first-order valence-corrected chi connectivity index (χ1v) is 18.2. The summed E-state index contributed by atoms with van der Waals surface area (Å²) >= 11 is 0. The quantitative estimate of drug-likeness (QED) is 0.157. The minimum absolute atomic E-state index is 0.0642. The van der Waals surface area contributed by atoms with Crippen LogP contribution in [0.4, 0.5) is 0 Å². The summed E-state index contributed by atoms with van der Waals surface area (Å²) in [5.74, 6) is 2.07. The average molecular weight is 668 g/mol. The standard InChI is InChI=1S/C33H49NO9S2/c1-34-16-20-4-7-24(8-5-20)43-30-14-22-6-9-25(42-19-35)15-27(36)26(29(38)18-45-44-17-23(22)13-28(30)37)10-21-11-31(40-2)33(39)32(12-21)41-3/h11-14,20,24-27,29,34-39H,4-10,15-19H2,1-3H3/t20?,24?,25-,26+,27+,29-/m0/s1. The smallest absolute Gasteiger partial charge is 0.200 e. The second kappa shape index (κ2) is 17.7. The van der Waals surface area contributed by atoms with Crippen LogP contribution in [-0.4, -0.2) is 90.3 Å². The Bertz CT molecular complexity index is 1190. The summed E-state index contributed by atoms with van der Waals surface area (Å²) in [6.07, 6.45) is 3.51. The van der Waals surface area contributed by atoms with E-state index in [1.54, 1.807) is 29.0 Å². The molecule has 0 saturated heterocycles. The van der Waals surface area contributed by atoms with Crippen molar-refractivity contribution in [2.45, 2.75) is 81.5 Å². The van der Waals surface area contributed by atoms with Crippen LogP contribution in [0.25, 0.3) is 0 Å². The van der Waals surface area contributed by atoms with E-state index in [1.165, 1.54) is 25.0 Å². The second-order valence-electron chi connectivity index (χ2n) is 12.0. The molecule has 0 radical (unpaired) electrons. The van der Waals surface area contributed by atoms with Crippen molar-refractivity contribution in [1.29, 1.82) is 0 Å². The first kappa shape index (κ1) is 35.8. The third-order valence-corrected chi connectivity index (χ3v) is 11.3. The highest BCUT2D eigenvalue weighted by Crippen LogP contribution is 2.40. The fraction of sp³-hybridized carbons (Fsp3) is 0.636. The number of aliphatic hydroxyl groups excluding tert-OH is 3. The molecule has 1 saturated carbocycles. The van der Waals surface area contributed by atoms with Crippen molar-refractivity contribution < 1.29 is 44.5 Å². The monoisotopic (exact) mass is 667 g/mol. The lowest BCUT2D eigenvalue weighted by atomic mass is 9.86. The minimum Gasteiger partial charge on any atom is -0.504 e. The zero-order valence-corrected chi connectivity index (χ0v) is 28.1. The lowest BCUT2D eigenvalue weighted by Gasteiger charge is -2.30. The van der Waals surface area contributed by atoms with Crippen LogP contribution in [0, 0.1) is 11.8 Å². The second-order valence-corrected chi connectivity index (χ2v) is 14.5. The van der Waals surface area contributed by atoms with Crippen LogP contribution in [0.15, 0.2) is 24.3 Å². The van der Waals surface area contributed by atoms with Gasteiger partial charge in [0.15, 0.2) is 23.0 Å². The number of aromatic hydroxyl groups is 2. The lowest BCUT2D eigenvalue weighted by Crippen LogP contribution is -2.37. The molecule has 6 N–H and O–H groups in total. The molecule has 0 bridgehead atoms. The highest BCUT2D eigenvalue weighted by Gasteiger charge is 2.31. The molecule has 1 aliphatic heterocycles. The van der Waals surface area contributed by atoms with Gasteiger partial charge in [-0.3, -0.25) is 0 Å². The van der Waals surface area contributed by atoms with E-state index in [-0.39, 0.29) is 35.5 Å². The largest absolute Gasteiger partial charge is 0.504 e. The van der Waals surface area contributed by atoms with Gasteiger partial charge in [-0.15, -0.1) is 0 Å². The molecule has 252 valence electrons. The van der Waals surface area contributed by atoms with E-state index in [2.05, 4.69) is 5.32 Å². The van der Waals surface area contributed by atoms with Gasteiger partial charge in [0.05, 0.1) is 38.6 Å². The zero-order valence-electron chi connectivity index (χ0n) is 26.4. The lowest BCUT2D eigenvalue weighted by molar-refractivity contribution is -0.0808. The summed E-state index contributed by atoms with van der Waals surface area (Å²) in [5.41, 5.74) is 2.74. The number of hydrogen-bond acceptors (Lipinski definition) is 12. The van der Waals surface area contributed by atoms with Crippen LogP contribution >= 0.6 is 21.6 Å². The van der Waals surface area contributed by atoms with Crippen molar-refractivity contribution in [2.24, 2.45) is 11.8 Å². The molecule has 2 aromatic carbocycles. The average Bonchev–Trinajstić information content (AvgIpc) is 3.04. The van der Waals surface area contributed by atoms with Crippen molar-refractivity contribution in [2.75, 3.05) is 40.4 Å². The Balaban J connectivity index is 1.52. The van der Waals surface area contributed by atoms with Crippen molar-refractivity contribution in [1.82, 2.24) is 5.32 Å². The van der Waals surface area contributed by atoms with Crippen LogP contribution < -0.4 is 19.5 Å². The molecule has 4 atom stereocenters. The van der Waals surface area contributed by atoms with E-state index in [4.69, 9.17) is 18.9 Å². The molecule has 0 aromatic heterocycles. The van der Waals surface area contributed by atoms with Crippen molar-refractivity contribution in [3.8, 4) is 28.7 Å². The Morgan fingerprint density at radius 2 is 1.56 bits per heavy atom. The molecule has 2 aromatic rings. The summed E-state index contributed by atoms with van der Waals surface area (Å²) in [7, 11) is 7.98. The van der Waals surface area contributed by atoms with Crippen LogP contribution in [0.1, 0.15) is 55.2 Å². The molecule has 12 heteroatoms. The number of nitrogens with one attached hydrogen (secondary N) is 1. The van der Waals surface area contributed by atoms with Gasteiger partial charge in [0, 0.05) is 17.4 Å². The Morgan fingerprint density at radius 3 is 2.20 bits per heavy atom. The molecule has 10 nitrogen and oxygen atoms in total. The van der Waals surface area contributed by atoms with Gasteiger partial charge in [0.1, 0.15) is 6.79 Å². The van der Waals surface area contributed by atoms with Crippen molar-refractivity contribution in [3.05, 3.63) is 41.0 Å². The maximum atomic E-state index is 11.5. The minimum atomic E-state index is -0.940. The number of rotatable bonds is 10. The summed E-state index contributed by atoms with van der Waals surface area (Å²) in [5, 5.41) is 57.0. The molecule has 4 rings (SSSR count). The summed E-state index contributed by atoms with van der Waals surface area (Å²) in [6, 6.07) is 7.08. The van der Waals surface area contributed by atoms with Crippen LogP contribution in [0.3, 0.4) is 0 Å². The maximum Gasteiger partial charge on any atom is 0.200 e. The topological polar surface area (TPSA) is 150 Å². The Labute approximate surface area is 274 Å². The van der Waals surface area contributed by atoms with Gasteiger partial charge in [-0.05, 0) is 112 Å². The molecule has 0 amide bonds. The van der Waals surface area contributed by atoms with E-state index < -0.39 is 31.0 Å². The Kier molecular flexibility index (Phi) is 14.1. The predicted octanol–water partition coefficient (Wildman–Crippen LogP) is 4.41. The van der Waals surface area contributed by atoms with Crippen molar-refractivity contribution in [3.63, 3.8) is 0 Å². The van der Waals surface area contributed by atoms with E-state index in [1.807, 2.05) is 13.1 Å². The summed E-state index contributed by atoms with van der Waals surface area (Å²) in [6.45, 7) is 0.520. The Morgan fingerprint density at radius 1 is 0.844 bits per heavy atom. The summed E-state index contributed by atoms with van der Waals surface area (Å²) in [4.78, 5) is 0. The molecular formula is C33H49NO9S2. The molecule has 45 heavy (non-hydrogen) atoms. The molecule has 1 aliphatic carbocycles. The van der Waals surface area contributed by atoms with E-state index >= 15 is 0 Å². The molecule has 1 fully saturated rings. The Hall–Kier alpha value is -2.06. The van der Waals surface area contributed by atoms with Gasteiger partial charge < -0.3 is 49.8 Å². The van der Waals surface area contributed by atoms with E-state index in [0.717, 1.165) is 48.9 Å². The third kappa shape index (κ3) is 9.96. The number of methoxy groups -OCH3 is 2. The van der Waals surface area contributed by atoms with Crippen LogP contribution in [0.2, 0.25) is 0 Å². The first-order valence-electron chi connectivity index (χ1n) is 15.7. The molecular weight excluding hydrogens is 618 g/mol. The van der Waals surface area contributed by atoms with Gasteiger partial charge in [-0.25, -0.2) is 0 Å². The van der Waals surface area contributed by atoms with E-state index in [9.17, 15) is 25.5 Å². The number of aliphatic hydroxyl groups is 3. The number of phenols is 2. The SMILES string of the molecule is CNCC1CCC(Oc2cc3c(cc2O)CSSC[C@H](O)[C@H](Cc2cc(OC)c(O)c(OC)c2)[C@H](O)C[C@@H](OCO)CC3)CC1. The number of hydrogen-bond donors (Lipinski definition) is 6. The number of aryl methyl sites for hydroxylation is 1. The molecule has 1 heterocycles. The van der Waals surface area contributed by atoms with Gasteiger partial charge in [-0.1, -0.05) is 21.6 Å². The van der Waals surface area contributed by atoms with Crippen LogP contribution in [-0.2, 0) is 23.3 Å². The molecule has 0 unspecified atom stereocenters. The highest BCUT2D eigenvalue weighted by molar-refractivity contribution is 8.76. The maximum absolute atomic E-state index is 11.5. The van der Waals surface area contributed by atoms with Gasteiger partial charge in [-0.2, -0.15) is 0 Å². The number of benzene rings is 2. The van der Waals surface area contributed by atoms with Crippen LogP contribution in [0.5, 0.6) is 28.7 Å². The van der Waals surface area contributed by atoms with E-state index in [0.29, 0.717) is 42.4 Å². The number of fused-ring (bicyclic) bond motifs is 1. The summed E-state index contributed by atoms with van der Waals surface area (Å²) < 4.78 is 22.6. The molecule has 2 aliphatic rings. The zero-order chi connectivity index (χ0) is 32.3. The number of phenolic OH excluding ortho intramolecular Hbond substituents is 2. The number of ether oxygens (including phenoxy) is 4. The van der Waals surface area contributed by atoms with Gasteiger partial charge in [0.25, 0.3) is 0 Å². The van der Waals surface area contributed by atoms with Gasteiger partial charge in [0.2, 0.25) is 5.75 Å². The fourth-order valence-corrected chi connectivity index (χ4v) is 8.69.